The molecule has 0 saturated heterocycles. The molecule has 0 radical (unpaired) electrons. The first kappa shape index (κ1) is 19.7. The summed E-state index contributed by atoms with van der Waals surface area (Å²) in [5, 5.41) is 3.22. The maximum absolute atomic E-state index is 12.5. The summed E-state index contributed by atoms with van der Waals surface area (Å²) in [5.74, 6) is 1.30. The minimum absolute atomic E-state index is 0.164. The van der Waals surface area contributed by atoms with Crippen LogP contribution in [0.4, 0.5) is 11.5 Å². The molecule has 7 heteroatoms. The van der Waals surface area contributed by atoms with Crippen molar-refractivity contribution in [3.05, 3.63) is 78.0 Å². The highest BCUT2D eigenvalue weighted by atomic mass is 32.2. The Bertz CT molecular complexity index is 1000. The molecule has 0 aliphatic carbocycles. The van der Waals surface area contributed by atoms with Gasteiger partial charge in [0.1, 0.15) is 11.6 Å². The van der Waals surface area contributed by atoms with Gasteiger partial charge in [-0.2, -0.15) is 0 Å². The molecule has 6 nitrogen and oxygen atoms in total. The number of hydrogen-bond donors (Lipinski definition) is 2. The summed E-state index contributed by atoms with van der Waals surface area (Å²) in [6, 6.07) is 17.9. The molecule has 0 fully saturated rings. The predicted molar refractivity (Wildman–Crippen MR) is 111 cm³/mol. The number of hydrogen-bond acceptors (Lipinski definition) is 5. The lowest BCUT2D eigenvalue weighted by molar-refractivity contribution is 0.340. The van der Waals surface area contributed by atoms with E-state index in [9.17, 15) is 8.42 Å². The van der Waals surface area contributed by atoms with E-state index >= 15 is 0 Å². The van der Waals surface area contributed by atoms with Gasteiger partial charge in [-0.1, -0.05) is 29.8 Å². The molecule has 0 aliphatic heterocycles. The Balaban J connectivity index is 1.61. The highest BCUT2D eigenvalue weighted by Gasteiger charge is 2.14. The molecule has 0 unspecified atom stereocenters. The first-order chi connectivity index (χ1) is 13.5. The molecular weight excluding hydrogens is 374 g/mol. The Labute approximate surface area is 165 Å². The second-order valence-corrected chi connectivity index (χ2v) is 7.96. The standard InChI is InChI=1S/C21H23N3O3S/c1-3-27-19-9-11-20(12-10-19)28(25,26)24-18-8-13-21(23-15-18)22-14-17-6-4-16(2)5-7-17/h4-13,15,24H,3,14H2,1-2H3,(H,22,23). The summed E-state index contributed by atoms with van der Waals surface area (Å²) in [6.07, 6.45) is 1.49. The van der Waals surface area contributed by atoms with E-state index in [1.54, 1.807) is 24.3 Å². The smallest absolute Gasteiger partial charge is 0.261 e. The third-order valence-electron chi connectivity index (χ3n) is 4.05. The average Bonchev–Trinajstić information content (AvgIpc) is 2.69. The maximum atomic E-state index is 12.5. The minimum atomic E-state index is -3.68. The largest absolute Gasteiger partial charge is 0.494 e. The van der Waals surface area contributed by atoms with Crippen molar-refractivity contribution in [1.29, 1.82) is 0 Å². The van der Waals surface area contributed by atoms with Crippen LogP contribution in [0, 0.1) is 6.92 Å². The first-order valence-electron chi connectivity index (χ1n) is 8.97. The van der Waals surface area contributed by atoms with E-state index in [0.29, 0.717) is 30.4 Å². The van der Waals surface area contributed by atoms with Crippen molar-refractivity contribution in [3.63, 3.8) is 0 Å². The Morgan fingerprint density at radius 2 is 1.68 bits per heavy atom. The van der Waals surface area contributed by atoms with E-state index in [-0.39, 0.29) is 4.90 Å². The van der Waals surface area contributed by atoms with E-state index in [4.69, 9.17) is 4.74 Å². The number of anilines is 2. The van der Waals surface area contributed by atoms with Crippen LogP contribution in [0.25, 0.3) is 0 Å². The second kappa shape index (κ2) is 8.75. The van der Waals surface area contributed by atoms with E-state index in [1.165, 1.54) is 23.9 Å². The Hall–Kier alpha value is -3.06. The van der Waals surface area contributed by atoms with Gasteiger partial charge in [-0.25, -0.2) is 13.4 Å². The molecule has 3 rings (SSSR count). The van der Waals surface area contributed by atoms with Crippen molar-refractivity contribution in [2.75, 3.05) is 16.6 Å². The zero-order chi connectivity index (χ0) is 20.0. The van der Waals surface area contributed by atoms with Crippen molar-refractivity contribution in [2.24, 2.45) is 0 Å². The van der Waals surface area contributed by atoms with Crippen LogP contribution in [0.5, 0.6) is 5.75 Å². The van der Waals surface area contributed by atoms with Crippen molar-refractivity contribution in [1.82, 2.24) is 4.98 Å². The summed E-state index contributed by atoms with van der Waals surface area (Å²) < 4.78 is 32.9. The highest BCUT2D eigenvalue weighted by Crippen LogP contribution is 2.20. The number of sulfonamides is 1. The van der Waals surface area contributed by atoms with Crippen LogP contribution < -0.4 is 14.8 Å². The summed E-state index contributed by atoms with van der Waals surface area (Å²) in [4.78, 5) is 4.43. The molecule has 1 heterocycles. The molecule has 0 spiro atoms. The SMILES string of the molecule is CCOc1ccc(S(=O)(=O)Nc2ccc(NCc3ccc(C)cc3)nc2)cc1. The van der Waals surface area contributed by atoms with E-state index in [1.807, 2.05) is 13.8 Å². The van der Waals surface area contributed by atoms with Gasteiger partial charge < -0.3 is 10.1 Å². The van der Waals surface area contributed by atoms with Gasteiger partial charge in [0.15, 0.2) is 0 Å². The zero-order valence-electron chi connectivity index (χ0n) is 15.8. The molecule has 3 aromatic rings. The van der Waals surface area contributed by atoms with Gasteiger partial charge in [-0.05, 0) is 55.8 Å². The van der Waals surface area contributed by atoms with Crippen LogP contribution in [0.15, 0.2) is 71.8 Å². The van der Waals surface area contributed by atoms with Crippen LogP contribution in [-0.4, -0.2) is 20.0 Å². The summed E-state index contributed by atoms with van der Waals surface area (Å²) in [5.41, 5.74) is 2.76. The van der Waals surface area contributed by atoms with E-state index in [2.05, 4.69) is 39.3 Å². The zero-order valence-corrected chi connectivity index (χ0v) is 16.7. The van der Waals surface area contributed by atoms with Gasteiger partial charge in [0.2, 0.25) is 0 Å². The number of nitrogens with zero attached hydrogens (tertiary/aromatic N) is 1. The maximum Gasteiger partial charge on any atom is 0.261 e. The third kappa shape index (κ3) is 5.23. The lowest BCUT2D eigenvalue weighted by Gasteiger charge is -2.10. The Morgan fingerprint density at radius 3 is 2.29 bits per heavy atom. The molecule has 0 atom stereocenters. The molecule has 2 aromatic carbocycles. The average molecular weight is 398 g/mol. The van der Waals surface area contributed by atoms with Crippen molar-refractivity contribution < 1.29 is 13.2 Å². The molecule has 2 N–H and O–H groups in total. The number of aromatic nitrogens is 1. The van der Waals surface area contributed by atoms with Gasteiger partial charge in [0, 0.05) is 6.54 Å². The Kier molecular flexibility index (Phi) is 6.16. The van der Waals surface area contributed by atoms with Crippen molar-refractivity contribution >= 4 is 21.5 Å². The minimum Gasteiger partial charge on any atom is -0.494 e. The van der Waals surface area contributed by atoms with Crippen LogP contribution in [-0.2, 0) is 16.6 Å². The molecule has 0 amide bonds. The number of rotatable bonds is 8. The van der Waals surface area contributed by atoms with Gasteiger partial charge in [0.25, 0.3) is 10.0 Å². The predicted octanol–water partition coefficient (Wildman–Crippen LogP) is 4.20. The highest BCUT2D eigenvalue weighted by molar-refractivity contribution is 7.92. The number of pyridine rings is 1. The molecule has 146 valence electrons. The van der Waals surface area contributed by atoms with E-state index < -0.39 is 10.0 Å². The van der Waals surface area contributed by atoms with E-state index in [0.717, 1.165) is 5.56 Å². The molecule has 0 saturated carbocycles. The summed E-state index contributed by atoms with van der Waals surface area (Å²) in [6.45, 7) is 5.09. The molecule has 1 aromatic heterocycles. The molecular formula is C21H23N3O3S. The van der Waals surface area contributed by atoms with Gasteiger partial charge in [-0.15, -0.1) is 0 Å². The third-order valence-corrected chi connectivity index (χ3v) is 5.45. The fourth-order valence-electron chi connectivity index (χ4n) is 2.55. The normalized spacial score (nSPS) is 11.1. The summed E-state index contributed by atoms with van der Waals surface area (Å²) in [7, 11) is -3.68. The quantitative estimate of drug-likeness (QED) is 0.595. The first-order valence-corrected chi connectivity index (χ1v) is 10.5. The van der Waals surface area contributed by atoms with Gasteiger partial charge in [0.05, 0.1) is 23.4 Å². The number of nitrogens with one attached hydrogen (secondary N) is 2. The fourth-order valence-corrected chi connectivity index (χ4v) is 3.60. The van der Waals surface area contributed by atoms with Crippen LogP contribution in [0.2, 0.25) is 0 Å². The van der Waals surface area contributed by atoms with Crippen LogP contribution in [0.3, 0.4) is 0 Å². The second-order valence-electron chi connectivity index (χ2n) is 6.28. The van der Waals surface area contributed by atoms with Crippen molar-refractivity contribution in [3.8, 4) is 5.75 Å². The lowest BCUT2D eigenvalue weighted by Crippen LogP contribution is -2.13. The Morgan fingerprint density at radius 1 is 0.964 bits per heavy atom. The molecule has 0 aliphatic rings. The van der Waals surface area contributed by atoms with Gasteiger partial charge >= 0.3 is 0 Å². The molecule has 0 bridgehead atoms. The van der Waals surface area contributed by atoms with Gasteiger partial charge in [-0.3, -0.25) is 4.72 Å². The number of aryl methyl sites for hydroxylation is 1. The molecule has 28 heavy (non-hydrogen) atoms. The topological polar surface area (TPSA) is 80.3 Å². The number of benzene rings is 2. The number of ether oxygens (including phenoxy) is 1. The lowest BCUT2D eigenvalue weighted by atomic mass is 10.1. The van der Waals surface area contributed by atoms with Crippen LogP contribution >= 0.6 is 0 Å². The monoisotopic (exact) mass is 397 g/mol. The fraction of sp³-hybridized carbons (Fsp3) is 0.190. The summed E-state index contributed by atoms with van der Waals surface area (Å²) >= 11 is 0. The van der Waals surface area contributed by atoms with Crippen LogP contribution in [0.1, 0.15) is 18.1 Å². The van der Waals surface area contributed by atoms with Crippen molar-refractivity contribution in [2.45, 2.75) is 25.3 Å².